The van der Waals surface area contributed by atoms with Crippen LogP contribution in [0.25, 0.3) is 65.5 Å². The average Bonchev–Trinajstić information content (AvgIpc) is 4.37. The Morgan fingerprint density at radius 2 is 1.08 bits per heavy atom. The lowest BCUT2D eigenvalue weighted by molar-refractivity contribution is -0.123. The van der Waals surface area contributed by atoms with Crippen LogP contribution in [0.1, 0.15) is 57.5 Å². The third-order valence-electron chi connectivity index (χ3n) is 14.5. The molecule has 0 unspecified atom stereocenters. The standard InChI is InChI=1S/C45H37N5O3S.C19H18N4.B/c51-44(49-39(22-29-24-46-38-20-10-8-14-31(29)38)43-47-25-41(48-43)28-12-2-1-3-13-28)40(23-30-27-54-42-21-11-9-15-32(30)42)50-45(52)53-26-37-35-18-6-4-16-33(35)34-17-5-7-19-36(34)37;20-16(10-14-11-21-17-9-5-4-8-15(14)17)19-22-12-18(23-19)13-6-2-1-3-7-13;/h1-21,24-25,27,37,39-40,46H,22-23,26H2,(H,47,48)(H,49,51)(H,50,52);1-9,11-12,16,21H,10,20H2,(H,22,23);/t39-,40-;16-;/m11./s1. The van der Waals surface area contributed by atoms with Crippen molar-refractivity contribution in [2.75, 3.05) is 6.61 Å². The van der Waals surface area contributed by atoms with E-state index in [1.165, 1.54) is 10.9 Å². The van der Waals surface area contributed by atoms with E-state index in [0.29, 0.717) is 12.2 Å². The van der Waals surface area contributed by atoms with Crippen molar-refractivity contribution in [1.82, 2.24) is 40.5 Å². The number of H-pyrrole nitrogens is 4. The van der Waals surface area contributed by atoms with E-state index in [1.807, 2.05) is 134 Å². The van der Waals surface area contributed by atoms with Crippen molar-refractivity contribution in [1.29, 1.82) is 0 Å². The summed E-state index contributed by atoms with van der Waals surface area (Å²) in [5.74, 6) is 0.998. The van der Waals surface area contributed by atoms with Gasteiger partial charge in [0.15, 0.2) is 0 Å². The van der Waals surface area contributed by atoms with E-state index < -0.39 is 18.2 Å². The highest BCUT2D eigenvalue weighted by molar-refractivity contribution is 7.17. The Bertz CT molecular complexity index is 3950. The number of ether oxygens (including phenoxy) is 1. The molecule has 78 heavy (non-hydrogen) atoms. The second kappa shape index (κ2) is 22.9. The van der Waals surface area contributed by atoms with Crippen LogP contribution in [0.3, 0.4) is 0 Å². The molecule has 3 radical (unpaired) electrons. The molecule has 12 aromatic rings. The smallest absolute Gasteiger partial charge is 0.407 e. The second-order valence-electron chi connectivity index (χ2n) is 19.4. The minimum Gasteiger partial charge on any atom is -0.449 e. The largest absolute Gasteiger partial charge is 0.449 e. The molecule has 2 amide bonds. The summed E-state index contributed by atoms with van der Waals surface area (Å²) in [6.07, 6.45) is 8.51. The number of carbonyl (C=O) groups is 2. The first-order chi connectivity index (χ1) is 37.9. The number of carbonyl (C=O) groups excluding carboxylic acids is 2. The molecule has 5 heterocycles. The van der Waals surface area contributed by atoms with Gasteiger partial charge in [0.05, 0.1) is 35.9 Å². The number of aromatic amines is 4. The maximum atomic E-state index is 14.6. The highest BCUT2D eigenvalue weighted by Gasteiger charge is 2.31. The SMILES string of the molecule is N[C@H](Cc1c[nH]c2ccccc12)c1ncc(-c2ccccc2)[nH]1.O=C(N[C@H](Cc1csc2ccccc12)C(=O)N[C@H](Cc1c[nH]c2ccccc12)c1ncc(-c2ccccc2)[nH]1)OCC1c2ccccc2-c2ccccc21.[B]. The van der Waals surface area contributed by atoms with Crippen molar-refractivity contribution in [3.8, 4) is 33.6 Å². The van der Waals surface area contributed by atoms with Gasteiger partial charge in [-0.2, -0.15) is 0 Å². The number of aromatic nitrogens is 6. The van der Waals surface area contributed by atoms with E-state index in [1.54, 1.807) is 17.5 Å². The summed E-state index contributed by atoms with van der Waals surface area (Å²) in [4.78, 5) is 51.0. The molecule has 12 nitrogen and oxygen atoms in total. The van der Waals surface area contributed by atoms with Gasteiger partial charge in [0, 0.05) is 66.1 Å². The first-order valence-electron chi connectivity index (χ1n) is 25.8. The molecule has 0 saturated heterocycles. The average molecular weight is 1040 g/mol. The van der Waals surface area contributed by atoms with E-state index >= 15 is 0 Å². The number of nitrogens with one attached hydrogen (secondary N) is 6. The molecule has 0 bridgehead atoms. The highest BCUT2D eigenvalue weighted by atomic mass is 32.1. The van der Waals surface area contributed by atoms with Crippen molar-refractivity contribution in [3.63, 3.8) is 0 Å². The molecule has 0 saturated carbocycles. The molecule has 5 aromatic heterocycles. The van der Waals surface area contributed by atoms with Crippen molar-refractivity contribution in [2.24, 2.45) is 5.73 Å². The molecule has 0 spiro atoms. The number of imidazole rings is 2. The van der Waals surface area contributed by atoms with E-state index in [0.717, 1.165) is 94.6 Å². The molecule has 13 rings (SSSR count). The quantitative estimate of drug-likeness (QED) is 0.0502. The van der Waals surface area contributed by atoms with Gasteiger partial charge in [-0.1, -0.05) is 164 Å². The van der Waals surface area contributed by atoms with Crippen molar-refractivity contribution in [2.45, 2.75) is 43.3 Å². The number of nitrogens with zero attached hydrogens (tertiary/aromatic N) is 2. The predicted molar refractivity (Wildman–Crippen MR) is 313 cm³/mol. The molecule has 0 fully saturated rings. The molecule has 3 atom stereocenters. The molecular formula is C64H55BN9O3S. The van der Waals surface area contributed by atoms with Gasteiger partial charge in [-0.25, -0.2) is 14.8 Å². The van der Waals surface area contributed by atoms with Crippen LogP contribution >= 0.6 is 11.3 Å². The lowest BCUT2D eigenvalue weighted by Gasteiger charge is -2.23. The Morgan fingerprint density at radius 1 is 0.564 bits per heavy atom. The topological polar surface area (TPSA) is 182 Å². The fourth-order valence-corrected chi connectivity index (χ4v) is 11.6. The molecule has 7 aromatic carbocycles. The molecule has 8 N–H and O–H groups in total. The van der Waals surface area contributed by atoms with Crippen molar-refractivity contribution in [3.05, 3.63) is 252 Å². The van der Waals surface area contributed by atoms with Crippen molar-refractivity contribution < 1.29 is 14.3 Å². The van der Waals surface area contributed by atoms with Gasteiger partial charge in [-0.15, -0.1) is 11.3 Å². The fraction of sp³-hybridized carbons (Fsp3) is 0.125. The molecule has 383 valence electrons. The van der Waals surface area contributed by atoms with Gasteiger partial charge in [0.1, 0.15) is 24.3 Å². The summed E-state index contributed by atoms with van der Waals surface area (Å²) in [6.45, 7) is 0.146. The maximum absolute atomic E-state index is 14.6. The fourth-order valence-electron chi connectivity index (χ4n) is 10.6. The zero-order valence-electron chi connectivity index (χ0n) is 42.5. The van der Waals surface area contributed by atoms with E-state index in [9.17, 15) is 9.59 Å². The van der Waals surface area contributed by atoms with E-state index in [2.05, 4.69) is 108 Å². The van der Waals surface area contributed by atoms with Crippen LogP contribution in [0.5, 0.6) is 0 Å². The van der Waals surface area contributed by atoms with Gasteiger partial charge in [-0.3, -0.25) is 4.79 Å². The normalized spacial score (nSPS) is 12.9. The number of hydrogen-bond acceptors (Lipinski definition) is 7. The van der Waals surface area contributed by atoms with E-state index in [-0.39, 0.29) is 39.3 Å². The summed E-state index contributed by atoms with van der Waals surface area (Å²) in [7, 11) is 0. The molecule has 1 aliphatic carbocycles. The number of rotatable bonds is 15. The van der Waals surface area contributed by atoms with Crippen LogP contribution in [0.2, 0.25) is 0 Å². The van der Waals surface area contributed by atoms with Gasteiger partial charge in [0.25, 0.3) is 0 Å². The monoisotopic (exact) mass is 1040 g/mol. The van der Waals surface area contributed by atoms with Crippen LogP contribution in [0.15, 0.2) is 212 Å². The summed E-state index contributed by atoms with van der Waals surface area (Å²) in [5, 5.41) is 11.7. The Hall–Kier alpha value is -9.24. The lowest BCUT2D eigenvalue weighted by atomic mass is 9.98. The number of fused-ring (bicyclic) bond motifs is 6. The number of thiophene rings is 1. The van der Waals surface area contributed by atoms with Gasteiger partial charge < -0.3 is 41.0 Å². The number of benzene rings is 7. The van der Waals surface area contributed by atoms with Gasteiger partial charge in [0.2, 0.25) is 5.91 Å². The van der Waals surface area contributed by atoms with Crippen LogP contribution in [-0.2, 0) is 28.8 Å². The summed E-state index contributed by atoms with van der Waals surface area (Å²) in [6, 6.07) is 59.5. The number of hydrogen-bond donors (Lipinski definition) is 7. The van der Waals surface area contributed by atoms with Crippen LogP contribution < -0.4 is 16.4 Å². The highest BCUT2D eigenvalue weighted by Crippen LogP contribution is 2.44. The molecule has 0 aliphatic heterocycles. The number of amides is 2. The van der Waals surface area contributed by atoms with Crippen LogP contribution in [0.4, 0.5) is 4.79 Å². The predicted octanol–water partition coefficient (Wildman–Crippen LogP) is 12.7. The zero-order valence-corrected chi connectivity index (χ0v) is 43.3. The zero-order chi connectivity index (χ0) is 52.1. The third kappa shape index (κ3) is 10.8. The van der Waals surface area contributed by atoms with E-state index in [4.69, 9.17) is 15.5 Å². The number of para-hydroxylation sites is 2. The van der Waals surface area contributed by atoms with Gasteiger partial charge in [-0.05, 0) is 85.5 Å². The Kier molecular flexibility index (Phi) is 15.0. The summed E-state index contributed by atoms with van der Waals surface area (Å²) < 4.78 is 7.07. The first-order valence-corrected chi connectivity index (χ1v) is 26.7. The first kappa shape index (κ1) is 50.9. The van der Waals surface area contributed by atoms with Crippen LogP contribution in [-0.4, -0.2) is 63.0 Å². The minimum atomic E-state index is -0.923. The Balaban J connectivity index is 0.000000224. The molecule has 14 heteroatoms. The second-order valence-corrected chi connectivity index (χ2v) is 20.3. The Morgan fingerprint density at radius 3 is 1.71 bits per heavy atom. The third-order valence-corrected chi connectivity index (χ3v) is 15.5. The van der Waals surface area contributed by atoms with Crippen molar-refractivity contribution >= 4 is 63.6 Å². The summed E-state index contributed by atoms with van der Waals surface area (Å²) in [5.41, 5.74) is 20.3. The minimum absolute atomic E-state index is 0. The Labute approximate surface area is 457 Å². The number of nitrogens with two attached hydrogens (primary N) is 1. The van der Waals surface area contributed by atoms with Gasteiger partial charge >= 0.3 is 6.09 Å². The maximum Gasteiger partial charge on any atom is 0.407 e. The molecular weight excluding hydrogens is 986 g/mol. The molecule has 1 aliphatic rings. The summed E-state index contributed by atoms with van der Waals surface area (Å²) >= 11 is 1.62. The lowest BCUT2D eigenvalue weighted by Crippen LogP contribution is -2.49. The van der Waals surface area contributed by atoms with Crippen LogP contribution in [0, 0.1) is 0 Å². The number of alkyl carbamates (subject to hydrolysis) is 1.